The Hall–Kier alpha value is -1.16. The van der Waals surface area contributed by atoms with Crippen molar-refractivity contribution in [3.05, 3.63) is 29.8 Å². The Bertz CT molecular complexity index is 394. The molecule has 0 amide bonds. The molecule has 1 N–H and O–H groups in total. The first-order valence-electron chi connectivity index (χ1n) is 5.80. The van der Waals surface area contributed by atoms with E-state index in [9.17, 15) is 9.00 Å². The molecular weight excluding hydrogens is 236 g/mol. The fourth-order valence-electron chi connectivity index (χ4n) is 1.58. The van der Waals surface area contributed by atoms with E-state index in [1.807, 2.05) is 0 Å². The highest BCUT2D eigenvalue weighted by Gasteiger charge is 2.11. The van der Waals surface area contributed by atoms with E-state index in [0.717, 1.165) is 12.8 Å². The van der Waals surface area contributed by atoms with Crippen molar-refractivity contribution in [2.24, 2.45) is 5.92 Å². The van der Waals surface area contributed by atoms with Gasteiger partial charge in [-0.3, -0.25) is 4.21 Å². The second kappa shape index (κ2) is 6.55. The molecule has 1 unspecified atom stereocenters. The topological polar surface area (TPSA) is 54.4 Å². The van der Waals surface area contributed by atoms with Crippen LogP contribution in [0.1, 0.15) is 37.0 Å². The van der Waals surface area contributed by atoms with Crippen LogP contribution in [0.25, 0.3) is 0 Å². The molecule has 17 heavy (non-hydrogen) atoms. The van der Waals surface area contributed by atoms with Crippen molar-refractivity contribution < 1.29 is 14.1 Å². The maximum Gasteiger partial charge on any atom is 0.335 e. The zero-order valence-electron chi connectivity index (χ0n) is 10.2. The molecule has 0 spiro atoms. The maximum atomic E-state index is 12.0. The van der Waals surface area contributed by atoms with Gasteiger partial charge < -0.3 is 5.11 Å². The highest BCUT2D eigenvalue weighted by atomic mass is 32.2. The summed E-state index contributed by atoms with van der Waals surface area (Å²) in [7, 11) is -1.03. The van der Waals surface area contributed by atoms with E-state index < -0.39 is 16.8 Å². The Morgan fingerprint density at radius 3 is 2.18 bits per heavy atom. The molecule has 1 aromatic carbocycles. The van der Waals surface area contributed by atoms with Crippen molar-refractivity contribution >= 4 is 16.8 Å². The Kier molecular flexibility index (Phi) is 5.35. The van der Waals surface area contributed by atoms with Crippen LogP contribution in [0.3, 0.4) is 0 Å². The van der Waals surface area contributed by atoms with Crippen molar-refractivity contribution in [2.75, 3.05) is 5.75 Å². The third-order valence-corrected chi connectivity index (χ3v) is 4.48. The smallest absolute Gasteiger partial charge is 0.335 e. The minimum Gasteiger partial charge on any atom is -0.478 e. The summed E-state index contributed by atoms with van der Waals surface area (Å²) in [4.78, 5) is 11.4. The van der Waals surface area contributed by atoms with Gasteiger partial charge in [-0.05, 0) is 30.2 Å². The van der Waals surface area contributed by atoms with Gasteiger partial charge in [-0.1, -0.05) is 26.7 Å². The summed E-state index contributed by atoms with van der Waals surface area (Å²) in [5.41, 5.74) is 0.230. The van der Waals surface area contributed by atoms with Crippen molar-refractivity contribution in [1.29, 1.82) is 0 Å². The van der Waals surface area contributed by atoms with Crippen LogP contribution in [0.4, 0.5) is 0 Å². The third-order valence-electron chi connectivity index (χ3n) is 2.91. The van der Waals surface area contributed by atoms with E-state index in [2.05, 4.69) is 13.8 Å². The van der Waals surface area contributed by atoms with Gasteiger partial charge in [-0.25, -0.2) is 4.79 Å². The molecular formula is C13H18O3S. The largest absolute Gasteiger partial charge is 0.478 e. The molecule has 0 aromatic heterocycles. The van der Waals surface area contributed by atoms with Crippen molar-refractivity contribution in [3.8, 4) is 0 Å². The molecule has 1 rings (SSSR count). The lowest BCUT2D eigenvalue weighted by molar-refractivity contribution is 0.0697. The maximum absolute atomic E-state index is 12.0. The van der Waals surface area contributed by atoms with Gasteiger partial charge in [-0.15, -0.1) is 0 Å². The molecule has 0 aliphatic rings. The molecule has 0 aliphatic heterocycles. The van der Waals surface area contributed by atoms with Gasteiger partial charge in [0, 0.05) is 10.6 Å². The van der Waals surface area contributed by atoms with Crippen LogP contribution in [-0.4, -0.2) is 21.0 Å². The number of rotatable bonds is 6. The molecule has 1 aromatic rings. The van der Waals surface area contributed by atoms with Gasteiger partial charge in [0.2, 0.25) is 0 Å². The van der Waals surface area contributed by atoms with Crippen LogP contribution in [-0.2, 0) is 10.8 Å². The van der Waals surface area contributed by atoms with Gasteiger partial charge in [0.1, 0.15) is 0 Å². The summed E-state index contributed by atoms with van der Waals surface area (Å²) in [5.74, 6) is 0.164. The van der Waals surface area contributed by atoms with E-state index in [1.54, 1.807) is 12.1 Å². The highest BCUT2D eigenvalue weighted by Crippen LogP contribution is 2.15. The Labute approximate surface area is 104 Å². The standard InChI is InChI=1S/C13H18O3S/c1-3-10(4-2)9-17(16)12-7-5-11(6-8-12)13(14)15/h5-8,10H,3-4,9H2,1-2H3,(H,14,15). The highest BCUT2D eigenvalue weighted by molar-refractivity contribution is 7.85. The van der Waals surface area contributed by atoms with Gasteiger partial charge in [-0.2, -0.15) is 0 Å². The van der Waals surface area contributed by atoms with Crippen LogP contribution in [0, 0.1) is 5.92 Å². The number of carboxylic acids is 1. The summed E-state index contributed by atoms with van der Waals surface area (Å²) in [6, 6.07) is 6.29. The molecule has 0 saturated heterocycles. The quantitative estimate of drug-likeness (QED) is 0.849. The van der Waals surface area contributed by atoms with Crippen molar-refractivity contribution in [3.63, 3.8) is 0 Å². The van der Waals surface area contributed by atoms with Gasteiger partial charge in [0.05, 0.1) is 16.4 Å². The average molecular weight is 254 g/mol. The van der Waals surface area contributed by atoms with Gasteiger partial charge in [0.25, 0.3) is 0 Å². The predicted octanol–water partition coefficient (Wildman–Crippen LogP) is 2.93. The van der Waals surface area contributed by atoms with E-state index in [1.165, 1.54) is 12.1 Å². The second-order valence-electron chi connectivity index (χ2n) is 4.02. The first-order chi connectivity index (χ1) is 8.08. The Morgan fingerprint density at radius 1 is 1.24 bits per heavy atom. The van der Waals surface area contributed by atoms with E-state index in [0.29, 0.717) is 16.6 Å². The summed E-state index contributed by atoms with van der Waals surface area (Å²) in [5, 5.41) is 8.76. The number of carbonyl (C=O) groups is 1. The van der Waals surface area contributed by atoms with Crippen LogP contribution >= 0.6 is 0 Å². The van der Waals surface area contributed by atoms with Crippen LogP contribution < -0.4 is 0 Å². The SMILES string of the molecule is CCC(CC)CS(=O)c1ccc(C(=O)O)cc1. The minimum absolute atomic E-state index is 0.230. The zero-order chi connectivity index (χ0) is 12.8. The molecule has 0 aliphatic carbocycles. The van der Waals surface area contributed by atoms with Crippen molar-refractivity contribution in [2.45, 2.75) is 31.6 Å². The number of aromatic carboxylic acids is 1. The van der Waals surface area contributed by atoms with Crippen LogP contribution in [0.5, 0.6) is 0 Å². The molecule has 4 heteroatoms. The zero-order valence-corrected chi connectivity index (χ0v) is 11.0. The molecule has 0 saturated carbocycles. The monoisotopic (exact) mass is 254 g/mol. The molecule has 0 fully saturated rings. The summed E-state index contributed by atoms with van der Waals surface area (Å²) in [6.07, 6.45) is 2.05. The van der Waals surface area contributed by atoms with Gasteiger partial charge in [0.15, 0.2) is 0 Å². The predicted molar refractivity (Wildman–Crippen MR) is 68.7 cm³/mol. The first kappa shape index (κ1) is 13.9. The molecule has 0 heterocycles. The summed E-state index contributed by atoms with van der Waals surface area (Å²) in [6.45, 7) is 4.19. The van der Waals surface area contributed by atoms with Gasteiger partial charge >= 0.3 is 5.97 Å². The van der Waals surface area contributed by atoms with Crippen LogP contribution in [0.15, 0.2) is 29.2 Å². The molecule has 3 nitrogen and oxygen atoms in total. The number of benzene rings is 1. The van der Waals surface area contributed by atoms with Crippen molar-refractivity contribution in [1.82, 2.24) is 0 Å². The summed E-state index contributed by atoms with van der Waals surface area (Å²) >= 11 is 0. The number of hydrogen-bond acceptors (Lipinski definition) is 2. The summed E-state index contributed by atoms with van der Waals surface area (Å²) < 4.78 is 12.0. The first-order valence-corrected chi connectivity index (χ1v) is 7.12. The lowest BCUT2D eigenvalue weighted by Gasteiger charge is -2.11. The Balaban J connectivity index is 2.73. The number of carboxylic acid groups (broad SMARTS) is 1. The third kappa shape index (κ3) is 3.97. The molecule has 1 atom stereocenters. The molecule has 94 valence electrons. The lowest BCUT2D eigenvalue weighted by atomic mass is 10.1. The fraction of sp³-hybridized carbons (Fsp3) is 0.462. The fourth-order valence-corrected chi connectivity index (χ4v) is 3.12. The van der Waals surface area contributed by atoms with E-state index in [4.69, 9.17) is 5.11 Å². The average Bonchev–Trinajstić information content (AvgIpc) is 2.35. The second-order valence-corrected chi connectivity index (χ2v) is 5.52. The van der Waals surface area contributed by atoms with E-state index in [-0.39, 0.29) is 5.56 Å². The number of hydrogen-bond donors (Lipinski definition) is 1. The van der Waals surface area contributed by atoms with Crippen LogP contribution in [0.2, 0.25) is 0 Å². The lowest BCUT2D eigenvalue weighted by Crippen LogP contribution is -2.10. The Morgan fingerprint density at radius 2 is 1.76 bits per heavy atom. The minimum atomic E-state index is -1.03. The molecule has 0 bridgehead atoms. The van der Waals surface area contributed by atoms with E-state index >= 15 is 0 Å². The normalized spacial score (nSPS) is 12.6. The molecule has 0 radical (unpaired) electrons.